The van der Waals surface area contributed by atoms with Crippen LogP contribution in [0.4, 0.5) is 10.1 Å². The van der Waals surface area contributed by atoms with Crippen molar-refractivity contribution in [3.05, 3.63) is 70.7 Å². The number of para-hydroxylation sites is 1. The van der Waals surface area contributed by atoms with Crippen molar-refractivity contribution in [1.82, 2.24) is 5.32 Å². The van der Waals surface area contributed by atoms with Crippen molar-refractivity contribution in [1.29, 1.82) is 0 Å². The highest BCUT2D eigenvalue weighted by Crippen LogP contribution is 2.55. The Morgan fingerprint density at radius 1 is 1.09 bits per heavy atom. The van der Waals surface area contributed by atoms with E-state index in [2.05, 4.69) is 5.32 Å². The summed E-state index contributed by atoms with van der Waals surface area (Å²) in [5, 5.41) is 2.47. The number of anilines is 1. The molecule has 1 aromatic heterocycles. The topological polar surface area (TPSA) is 90.2 Å². The fourth-order valence-corrected chi connectivity index (χ4v) is 4.87. The molecule has 4 heterocycles. The van der Waals surface area contributed by atoms with E-state index in [-0.39, 0.29) is 37.2 Å². The third-order valence-corrected chi connectivity index (χ3v) is 6.41. The molecule has 8 nitrogen and oxygen atoms in total. The van der Waals surface area contributed by atoms with Gasteiger partial charge in [0.25, 0.3) is 5.91 Å². The molecule has 2 aromatic carbocycles. The number of hydrogen-bond donors (Lipinski definition) is 1. The van der Waals surface area contributed by atoms with Gasteiger partial charge in [-0.1, -0.05) is 18.2 Å². The van der Waals surface area contributed by atoms with Crippen LogP contribution in [-0.2, 0) is 23.4 Å². The monoisotopic (exact) mass is 450 g/mol. The van der Waals surface area contributed by atoms with E-state index in [9.17, 15) is 14.0 Å². The first-order valence-electron chi connectivity index (χ1n) is 10.4. The number of carbonyl (C=O) groups is 2. The molecular weight excluding hydrogens is 431 g/mol. The number of benzene rings is 2. The predicted molar refractivity (Wildman–Crippen MR) is 113 cm³/mol. The zero-order valence-electron chi connectivity index (χ0n) is 17.6. The second-order valence-electron chi connectivity index (χ2n) is 8.07. The maximum atomic E-state index is 14.0. The van der Waals surface area contributed by atoms with Crippen LogP contribution in [0.2, 0.25) is 0 Å². The van der Waals surface area contributed by atoms with Crippen molar-refractivity contribution < 1.29 is 32.6 Å². The van der Waals surface area contributed by atoms with E-state index in [1.165, 1.54) is 13.1 Å². The number of nitrogens with one attached hydrogen (secondary N) is 1. The van der Waals surface area contributed by atoms with Crippen molar-refractivity contribution >= 4 is 17.5 Å². The van der Waals surface area contributed by atoms with Crippen LogP contribution in [-0.4, -0.2) is 32.3 Å². The van der Waals surface area contributed by atoms with Gasteiger partial charge < -0.3 is 28.8 Å². The van der Waals surface area contributed by atoms with Gasteiger partial charge in [-0.25, -0.2) is 4.39 Å². The second-order valence-corrected chi connectivity index (χ2v) is 8.07. The highest BCUT2D eigenvalue weighted by Gasteiger charge is 2.57. The largest absolute Gasteiger partial charge is 0.491 e. The Balaban J connectivity index is 1.44. The number of furan rings is 1. The molecule has 9 heteroatoms. The first-order valence-corrected chi connectivity index (χ1v) is 10.4. The third kappa shape index (κ3) is 2.62. The molecule has 3 aliphatic heterocycles. The smallest absolute Gasteiger partial charge is 0.254 e. The van der Waals surface area contributed by atoms with Gasteiger partial charge in [0.15, 0.2) is 11.5 Å². The number of halogens is 1. The molecule has 1 atom stereocenters. The number of nitrogens with zero attached hydrogens (tertiary/aromatic N) is 1. The van der Waals surface area contributed by atoms with E-state index in [1.807, 2.05) is 24.3 Å². The molecule has 2 amide bonds. The molecule has 0 bridgehead atoms. The number of fused-ring (bicyclic) bond motifs is 5. The molecule has 0 fully saturated rings. The average molecular weight is 450 g/mol. The molecule has 0 saturated heterocycles. The zero-order valence-corrected chi connectivity index (χ0v) is 17.6. The SMILES string of the molecule is CNC(=O)c1cc(CN2C(=O)C3(COc4cc5c(cc43)OCO5)c3ccccc32)oc1CF. The van der Waals surface area contributed by atoms with Crippen molar-refractivity contribution in [2.75, 3.05) is 25.3 Å². The van der Waals surface area contributed by atoms with E-state index in [1.54, 1.807) is 17.0 Å². The van der Waals surface area contributed by atoms with Crippen LogP contribution >= 0.6 is 0 Å². The lowest BCUT2D eigenvalue weighted by Crippen LogP contribution is -2.42. The molecule has 0 saturated carbocycles. The van der Waals surface area contributed by atoms with Crippen LogP contribution < -0.4 is 24.4 Å². The Labute approximate surface area is 187 Å². The highest BCUT2D eigenvalue weighted by molar-refractivity contribution is 6.11. The highest BCUT2D eigenvalue weighted by atomic mass is 19.1. The molecule has 3 aromatic rings. The van der Waals surface area contributed by atoms with Gasteiger partial charge in [-0.3, -0.25) is 9.59 Å². The van der Waals surface area contributed by atoms with Crippen LogP contribution in [0.5, 0.6) is 17.2 Å². The van der Waals surface area contributed by atoms with E-state index < -0.39 is 18.0 Å². The minimum atomic E-state index is -1.05. The Hall–Kier alpha value is -4.01. The van der Waals surface area contributed by atoms with Crippen molar-refractivity contribution in [3.8, 4) is 17.2 Å². The average Bonchev–Trinajstić information content (AvgIpc) is 3.60. The van der Waals surface area contributed by atoms with Crippen LogP contribution in [0.25, 0.3) is 0 Å². The number of rotatable bonds is 4. The minimum Gasteiger partial charge on any atom is -0.491 e. The number of ether oxygens (including phenoxy) is 3. The summed E-state index contributed by atoms with van der Waals surface area (Å²) >= 11 is 0. The third-order valence-electron chi connectivity index (χ3n) is 6.41. The molecular formula is C24H19FN2O6. The van der Waals surface area contributed by atoms with Crippen molar-refractivity contribution in [3.63, 3.8) is 0 Å². The lowest BCUT2D eigenvalue weighted by molar-refractivity contribution is -0.122. The van der Waals surface area contributed by atoms with Gasteiger partial charge in [0.1, 0.15) is 36.0 Å². The fourth-order valence-electron chi connectivity index (χ4n) is 4.87. The fraction of sp³-hybridized carbons (Fsp3) is 0.250. The summed E-state index contributed by atoms with van der Waals surface area (Å²) < 4.78 is 36.0. The van der Waals surface area contributed by atoms with Crippen LogP contribution in [0, 0.1) is 0 Å². The van der Waals surface area contributed by atoms with Gasteiger partial charge in [0.05, 0.1) is 12.1 Å². The van der Waals surface area contributed by atoms with Gasteiger partial charge in [0.2, 0.25) is 12.7 Å². The summed E-state index contributed by atoms with van der Waals surface area (Å²) in [6.45, 7) is -0.632. The van der Waals surface area contributed by atoms with E-state index in [0.717, 1.165) is 5.56 Å². The van der Waals surface area contributed by atoms with Crippen LogP contribution in [0.1, 0.15) is 33.0 Å². The summed E-state index contributed by atoms with van der Waals surface area (Å²) in [6, 6.07) is 12.5. The van der Waals surface area contributed by atoms with Crippen LogP contribution in [0.15, 0.2) is 46.9 Å². The molecule has 6 rings (SSSR count). The summed E-state index contributed by atoms with van der Waals surface area (Å²) in [6.07, 6.45) is 0. The Morgan fingerprint density at radius 3 is 2.67 bits per heavy atom. The van der Waals surface area contributed by atoms with Crippen LogP contribution in [0.3, 0.4) is 0 Å². The lowest BCUT2D eigenvalue weighted by Gasteiger charge is -2.22. The molecule has 0 radical (unpaired) electrons. The van der Waals surface area contributed by atoms with E-state index >= 15 is 0 Å². The lowest BCUT2D eigenvalue weighted by atomic mass is 9.77. The Bertz CT molecular complexity index is 1320. The van der Waals surface area contributed by atoms with E-state index in [0.29, 0.717) is 34.3 Å². The molecule has 0 aliphatic carbocycles. The van der Waals surface area contributed by atoms with E-state index in [4.69, 9.17) is 18.6 Å². The van der Waals surface area contributed by atoms with Gasteiger partial charge >= 0.3 is 0 Å². The quantitative estimate of drug-likeness (QED) is 0.657. The van der Waals surface area contributed by atoms with Crippen molar-refractivity contribution in [2.24, 2.45) is 0 Å². The van der Waals surface area contributed by atoms with Gasteiger partial charge in [-0.15, -0.1) is 0 Å². The molecule has 1 N–H and O–H groups in total. The molecule has 168 valence electrons. The first-order chi connectivity index (χ1) is 16.1. The van der Waals surface area contributed by atoms with Gasteiger partial charge in [-0.05, 0) is 23.8 Å². The summed E-state index contributed by atoms with van der Waals surface area (Å²) in [4.78, 5) is 27.7. The minimum absolute atomic E-state index is 0.0431. The number of hydrogen-bond acceptors (Lipinski definition) is 6. The predicted octanol–water partition coefficient (Wildman–Crippen LogP) is 3.06. The molecule has 1 spiro atoms. The van der Waals surface area contributed by atoms with Crippen molar-refractivity contribution in [2.45, 2.75) is 18.6 Å². The Morgan fingerprint density at radius 2 is 1.88 bits per heavy atom. The maximum absolute atomic E-state index is 14.0. The Kier molecular flexibility index (Phi) is 4.17. The number of carbonyl (C=O) groups excluding carboxylic acids is 2. The standard InChI is InChI=1S/C24H19FN2O6/c1-26-22(28)14-6-13(33-21(14)9-25)10-27-17-5-3-2-4-15(17)24(23(27)29)11-30-18-8-20-19(7-16(18)24)31-12-32-20/h2-8H,9-12H2,1H3,(H,26,28). The number of alkyl halides is 1. The number of amides is 2. The van der Waals surface area contributed by atoms with Gasteiger partial charge in [-0.2, -0.15) is 0 Å². The molecule has 33 heavy (non-hydrogen) atoms. The molecule has 3 aliphatic rings. The van der Waals surface area contributed by atoms with Gasteiger partial charge in [0, 0.05) is 24.4 Å². The summed E-state index contributed by atoms with van der Waals surface area (Å²) in [7, 11) is 1.46. The summed E-state index contributed by atoms with van der Waals surface area (Å²) in [5.41, 5.74) is 1.28. The molecule has 1 unspecified atom stereocenters. The second kappa shape index (κ2) is 6.99. The zero-order chi connectivity index (χ0) is 22.7. The normalized spacial score (nSPS) is 19.6. The maximum Gasteiger partial charge on any atom is 0.254 e. The first kappa shape index (κ1) is 19.7. The summed E-state index contributed by atoms with van der Waals surface area (Å²) in [5.74, 6) is 1.32.